The Bertz CT molecular complexity index is 415. The standard InChI is InChI=1S/C12H15F2N/c1-5-4-8(13)9-6(2)7(3)12(15)10(9)11(5)14/h4,6-7,12H,15H2,1-3H3. The molecule has 1 aromatic carbocycles. The molecule has 0 aromatic heterocycles. The van der Waals surface area contributed by atoms with Crippen molar-refractivity contribution in [2.24, 2.45) is 11.7 Å². The number of hydrogen-bond acceptors (Lipinski definition) is 1. The lowest BCUT2D eigenvalue weighted by Crippen LogP contribution is -2.16. The molecule has 15 heavy (non-hydrogen) atoms. The van der Waals surface area contributed by atoms with Crippen LogP contribution in [0.4, 0.5) is 8.78 Å². The van der Waals surface area contributed by atoms with Gasteiger partial charge in [0.2, 0.25) is 0 Å². The molecule has 0 saturated carbocycles. The first-order valence-electron chi connectivity index (χ1n) is 5.19. The van der Waals surface area contributed by atoms with Gasteiger partial charge in [0, 0.05) is 11.6 Å². The van der Waals surface area contributed by atoms with Crippen LogP contribution in [0.5, 0.6) is 0 Å². The normalized spacial score (nSPS) is 29.3. The monoisotopic (exact) mass is 211 g/mol. The fourth-order valence-corrected chi connectivity index (χ4v) is 2.42. The summed E-state index contributed by atoms with van der Waals surface area (Å²) in [5.41, 5.74) is 7.10. The molecule has 0 spiro atoms. The lowest BCUT2D eigenvalue weighted by molar-refractivity contribution is 0.439. The maximum absolute atomic E-state index is 13.8. The topological polar surface area (TPSA) is 26.0 Å². The van der Waals surface area contributed by atoms with Crippen LogP contribution in [0.15, 0.2) is 6.07 Å². The average Bonchev–Trinajstić information content (AvgIpc) is 2.40. The Kier molecular flexibility index (Phi) is 2.30. The van der Waals surface area contributed by atoms with Crippen molar-refractivity contribution in [3.05, 3.63) is 34.4 Å². The van der Waals surface area contributed by atoms with E-state index in [4.69, 9.17) is 5.73 Å². The van der Waals surface area contributed by atoms with Gasteiger partial charge in [-0.25, -0.2) is 8.78 Å². The minimum atomic E-state index is -0.385. The minimum Gasteiger partial charge on any atom is -0.324 e. The van der Waals surface area contributed by atoms with E-state index in [1.165, 1.54) is 6.07 Å². The number of hydrogen-bond donors (Lipinski definition) is 1. The van der Waals surface area contributed by atoms with E-state index in [2.05, 4.69) is 0 Å². The highest BCUT2D eigenvalue weighted by Crippen LogP contribution is 2.46. The molecule has 3 unspecified atom stereocenters. The van der Waals surface area contributed by atoms with Crippen LogP contribution in [-0.2, 0) is 0 Å². The van der Waals surface area contributed by atoms with Crippen LogP contribution in [0.25, 0.3) is 0 Å². The number of halogens is 2. The van der Waals surface area contributed by atoms with Gasteiger partial charge in [-0.1, -0.05) is 13.8 Å². The maximum Gasteiger partial charge on any atom is 0.131 e. The molecule has 2 N–H and O–H groups in total. The third-order valence-electron chi connectivity index (χ3n) is 3.62. The Morgan fingerprint density at radius 2 is 1.80 bits per heavy atom. The van der Waals surface area contributed by atoms with Crippen LogP contribution < -0.4 is 5.73 Å². The van der Waals surface area contributed by atoms with Crippen LogP contribution >= 0.6 is 0 Å². The molecule has 0 amide bonds. The van der Waals surface area contributed by atoms with Crippen LogP contribution in [0, 0.1) is 24.5 Å². The molecular formula is C12H15F2N. The molecule has 0 radical (unpaired) electrons. The molecule has 82 valence electrons. The van der Waals surface area contributed by atoms with E-state index in [1.807, 2.05) is 13.8 Å². The third-order valence-corrected chi connectivity index (χ3v) is 3.62. The summed E-state index contributed by atoms with van der Waals surface area (Å²) < 4.78 is 27.5. The molecule has 1 aliphatic rings. The van der Waals surface area contributed by atoms with Crippen LogP contribution in [0.3, 0.4) is 0 Å². The van der Waals surface area contributed by atoms with Crippen molar-refractivity contribution in [3.63, 3.8) is 0 Å². The van der Waals surface area contributed by atoms with E-state index in [-0.39, 0.29) is 29.5 Å². The lowest BCUT2D eigenvalue weighted by atomic mass is 9.95. The molecule has 0 heterocycles. The first kappa shape index (κ1) is 10.6. The van der Waals surface area contributed by atoms with Gasteiger partial charge >= 0.3 is 0 Å². The van der Waals surface area contributed by atoms with E-state index in [1.54, 1.807) is 6.92 Å². The fraction of sp³-hybridized carbons (Fsp3) is 0.500. The van der Waals surface area contributed by atoms with Gasteiger partial charge in [-0.05, 0) is 36.0 Å². The molecular weight excluding hydrogens is 196 g/mol. The summed E-state index contributed by atoms with van der Waals surface area (Å²) in [7, 11) is 0. The first-order valence-corrected chi connectivity index (χ1v) is 5.19. The zero-order chi connectivity index (χ0) is 11.3. The molecule has 1 aromatic rings. The first-order chi connectivity index (χ1) is 6.95. The van der Waals surface area contributed by atoms with E-state index in [0.717, 1.165) is 0 Å². The molecule has 0 saturated heterocycles. The van der Waals surface area contributed by atoms with E-state index in [9.17, 15) is 8.78 Å². The van der Waals surface area contributed by atoms with Gasteiger partial charge in [-0.15, -0.1) is 0 Å². The average molecular weight is 211 g/mol. The predicted molar refractivity (Wildman–Crippen MR) is 55.6 cm³/mol. The van der Waals surface area contributed by atoms with E-state index >= 15 is 0 Å². The number of rotatable bonds is 0. The van der Waals surface area contributed by atoms with Gasteiger partial charge < -0.3 is 5.73 Å². The zero-order valence-corrected chi connectivity index (χ0v) is 9.14. The molecule has 2 rings (SSSR count). The fourth-order valence-electron chi connectivity index (χ4n) is 2.42. The van der Waals surface area contributed by atoms with Crippen LogP contribution in [0.2, 0.25) is 0 Å². The maximum atomic E-state index is 13.8. The second-order valence-electron chi connectivity index (χ2n) is 4.49. The van der Waals surface area contributed by atoms with Gasteiger partial charge in [0.15, 0.2) is 0 Å². The summed E-state index contributed by atoms with van der Waals surface area (Å²) in [5, 5.41) is 0. The van der Waals surface area contributed by atoms with Crippen LogP contribution in [0.1, 0.15) is 42.5 Å². The Labute approximate surface area is 88.3 Å². The smallest absolute Gasteiger partial charge is 0.131 e. The van der Waals surface area contributed by atoms with Crippen molar-refractivity contribution < 1.29 is 8.78 Å². The van der Waals surface area contributed by atoms with E-state index in [0.29, 0.717) is 16.7 Å². The van der Waals surface area contributed by atoms with Gasteiger partial charge in [-0.3, -0.25) is 0 Å². The molecule has 1 nitrogen and oxygen atoms in total. The van der Waals surface area contributed by atoms with Crippen LogP contribution in [-0.4, -0.2) is 0 Å². The minimum absolute atomic E-state index is 0.00917. The second-order valence-corrected chi connectivity index (χ2v) is 4.49. The Morgan fingerprint density at radius 3 is 2.40 bits per heavy atom. The number of nitrogens with two attached hydrogens (primary N) is 1. The molecule has 3 heteroatoms. The summed E-state index contributed by atoms with van der Waals surface area (Å²) in [5.74, 6) is -0.581. The van der Waals surface area contributed by atoms with Gasteiger partial charge in [0.1, 0.15) is 11.6 Å². The van der Waals surface area contributed by atoms with Crippen molar-refractivity contribution in [2.45, 2.75) is 32.7 Å². The highest BCUT2D eigenvalue weighted by molar-refractivity contribution is 5.43. The number of aryl methyl sites for hydroxylation is 1. The highest BCUT2D eigenvalue weighted by Gasteiger charge is 2.38. The Morgan fingerprint density at radius 1 is 1.20 bits per heavy atom. The number of benzene rings is 1. The van der Waals surface area contributed by atoms with Crippen molar-refractivity contribution in [2.75, 3.05) is 0 Å². The van der Waals surface area contributed by atoms with Crippen molar-refractivity contribution in [1.29, 1.82) is 0 Å². The van der Waals surface area contributed by atoms with Crippen molar-refractivity contribution >= 4 is 0 Å². The summed E-state index contributed by atoms with van der Waals surface area (Å²) in [6, 6.07) is 0.875. The summed E-state index contributed by atoms with van der Waals surface area (Å²) in [6.45, 7) is 5.40. The lowest BCUT2D eigenvalue weighted by Gasteiger charge is -2.13. The third kappa shape index (κ3) is 1.29. The van der Waals surface area contributed by atoms with Crippen molar-refractivity contribution in [3.8, 4) is 0 Å². The Balaban J connectivity index is 2.73. The summed E-state index contributed by atoms with van der Waals surface area (Å²) in [4.78, 5) is 0. The predicted octanol–water partition coefficient (Wildman–Crippen LogP) is 3.03. The largest absolute Gasteiger partial charge is 0.324 e. The van der Waals surface area contributed by atoms with E-state index < -0.39 is 0 Å². The molecule has 3 atom stereocenters. The van der Waals surface area contributed by atoms with Gasteiger partial charge in [-0.2, -0.15) is 0 Å². The molecule has 0 aliphatic heterocycles. The Hall–Kier alpha value is -0.960. The summed E-state index contributed by atoms with van der Waals surface area (Å²) >= 11 is 0. The quantitative estimate of drug-likeness (QED) is 0.701. The van der Waals surface area contributed by atoms with Gasteiger partial charge in [0.25, 0.3) is 0 Å². The number of fused-ring (bicyclic) bond motifs is 1. The SMILES string of the molecule is Cc1cc(F)c2c(c1F)C(N)C(C)C2C. The molecule has 1 aliphatic carbocycles. The molecule has 0 bridgehead atoms. The molecule has 0 fully saturated rings. The highest BCUT2D eigenvalue weighted by atomic mass is 19.1. The second kappa shape index (κ2) is 3.27. The van der Waals surface area contributed by atoms with Gasteiger partial charge in [0.05, 0.1) is 0 Å². The summed E-state index contributed by atoms with van der Waals surface area (Å²) in [6.07, 6.45) is 0. The van der Waals surface area contributed by atoms with Crippen molar-refractivity contribution in [1.82, 2.24) is 0 Å². The zero-order valence-electron chi connectivity index (χ0n) is 9.14.